The van der Waals surface area contributed by atoms with Gasteiger partial charge in [-0.15, -0.1) is 0 Å². The second kappa shape index (κ2) is 12.7. The number of carbonyl (C=O) groups is 1. The van der Waals surface area contributed by atoms with Crippen LogP contribution in [-0.4, -0.2) is 63.4 Å². The summed E-state index contributed by atoms with van der Waals surface area (Å²) in [6, 6.07) is 10.3. The van der Waals surface area contributed by atoms with Crippen LogP contribution in [0.3, 0.4) is 0 Å². The van der Waals surface area contributed by atoms with Crippen LogP contribution in [0.1, 0.15) is 27.0 Å². The summed E-state index contributed by atoms with van der Waals surface area (Å²) in [5.41, 5.74) is -7.01. The highest BCUT2D eigenvalue weighted by Gasteiger charge is 2.74. The number of hydrogen-bond donors (Lipinski definition) is 3. The molecular formula is C26H27F5N3O8PS. The lowest BCUT2D eigenvalue weighted by molar-refractivity contribution is -0.241. The fourth-order valence-electron chi connectivity index (χ4n) is 4.29. The molecule has 2 aromatic carbocycles. The monoisotopic (exact) mass is 667 g/mol. The minimum absolute atomic E-state index is 0.00333. The zero-order valence-electron chi connectivity index (χ0n) is 23.2. The molecule has 5 atom stereocenters. The summed E-state index contributed by atoms with van der Waals surface area (Å²) in [6.45, 7) is -1.54. The molecule has 11 nitrogen and oxygen atoms in total. The molecule has 1 aliphatic heterocycles. The number of ether oxygens (including phenoxy) is 2. The summed E-state index contributed by atoms with van der Waals surface area (Å²) in [6.07, 6.45) is -10.2. The van der Waals surface area contributed by atoms with E-state index < -0.39 is 78.7 Å². The average Bonchev–Trinajstić information content (AvgIpc) is 3.14. The first kappa shape index (κ1) is 33.7. The Balaban J connectivity index is 1.70. The van der Waals surface area contributed by atoms with E-state index in [9.17, 15) is 32.7 Å². The van der Waals surface area contributed by atoms with Gasteiger partial charge in [0, 0.05) is 0 Å². The van der Waals surface area contributed by atoms with E-state index >= 15 is 8.78 Å². The maximum Gasteiger partial charge on any atom is 0.330 e. The number of aliphatic hydroxyl groups excluding tert-OH is 1. The smallest absolute Gasteiger partial charge is 0.330 e. The number of fused-ring (bicyclic) bond motifs is 1. The Labute approximate surface area is 251 Å². The molecule has 3 aromatic rings. The predicted octanol–water partition coefficient (Wildman–Crippen LogP) is 3.61. The van der Waals surface area contributed by atoms with Crippen LogP contribution in [0.5, 0.6) is 5.75 Å². The van der Waals surface area contributed by atoms with Gasteiger partial charge in [-0.1, -0.05) is 30.3 Å². The van der Waals surface area contributed by atoms with E-state index in [4.69, 9.17) is 30.3 Å². The number of nitrogens with one attached hydrogen (secondary N) is 2. The molecule has 1 saturated heterocycles. The maximum absolute atomic E-state index is 15.5. The normalized spacial score (nSPS) is 23.5. The standard InChI is InChI=1S/C26H27F5N3O8PS/c1-13(2)40-22(37)14(3)33-43(44,42-17-9-8-15-6-4-5-7-16(15)10-17)39-12-25(23(28)29)26(30,31)19(35)21(41-25)34-11-18(27)20(36)32-24(34)38/h4-11,13-14,19,21,23,35H,12H2,1-3H3,(H,33,44)(H,32,36,38)/t14-,19-,21+,25-,43?/m0/s1. The van der Waals surface area contributed by atoms with Gasteiger partial charge in [0.2, 0.25) is 11.4 Å². The quantitative estimate of drug-likeness (QED) is 0.158. The van der Waals surface area contributed by atoms with Crippen LogP contribution >= 0.6 is 6.64 Å². The van der Waals surface area contributed by atoms with Gasteiger partial charge in [-0.3, -0.25) is 19.1 Å². The van der Waals surface area contributed by atoms with Crippen molar-refractivity contribution < 1.29 is 50.4 Å². The lowest BCUT2D eigenvalue weighted by Crippen LogP contribution is -2.57. The number of halogens is 5. The number of alkyl halides is 4. The van der Waals surface area contributed by atoms with Crippen molar-refractivity contribution in [1.29, 1.82) is 0 Å². The molecule has 240 valence electrons. The Morgan fingerprint density at radius 3 is 2.48 bits per heavy atom. The van der Waals surface area contributed by atoms with Crippen molar-refractivity contribution in [1.82, 2.24) is 14.6 Å². The molecule has 1 unspecified atom stereocenters. The van der Waals surface area contributed by atoms with Crippen LogP contribution in [0.4, 0.5) is 22.0 Å². The van der Waals surface area contributed by atoms with E-state index in [1.807, 2.05) is 0 Å². The maximum atomic E-state index is 15.5. The Morgan fingerprint density at radius 1 is 1.18 bits per heavy atom. The molecule has 0 radical (unpaired) electrons. The number of benzene rings is 2. The van der Waals surface area contributed by atoms with Crippen LogP contribution in [0.15, 0.2) is 58.3 Å². The summed E-state index contributed by atoms with van der Waals surface area (Å²) in [5.74, 6) is -7.30. The van der Waals surface area contributed by atoms with Gasteiger partial charge >= 0.3 is 24.2 Å². The number of aliphatic hydroxyl groups is 1. The summed E-state index contributed by atoms with van der Waals surface area (Å²) >= 11 is 5.46. The molecule has 4 rings (SSSR count). The second-order valence-electron chi connectivity index (χ2n) is 10.1. The molecule has 1 fully saturated rings. The van der Waals surface area contributed by atoms with Crippen molar-refractivity contribution >= 4 is 35.2 Å². The van der Waals surface area contributed by atoms with Crippen molar-refractivity contribution in [2.75, 3.05) is 6.61 Å². The summed E-state index contributed by atoms with van der Waals surface area (Å²) in [5, 5.41) is 14.3. The Hall–Kier alpha value is -3.21. The Morgan fingerprint density at radius 2 is 1.84 bits per heavy atom. The molecule has 1 aliphatic rings. The van der Waals surface area contributed by atoms with Crippen molar-refractivity contribution in [3.05, 3.63) is 75.3 Å². The van der Waals surface area contributed by atoms with Gasteiger partial charge in [0.1, 0.15) is 11.8 Å². The summed E-state index contributed by atoms with van der Waals surface area (Å²) < 4.78 is 95.2. The third kappa shape index (κ3) is 6.57. The number of nitrogens with zero attached hydrogens (tertiary/aromatic N) is 1. The minimum Gasteiger partial charge on any atom is -0.462 e. The fraction of sp³-hybridized carbons (Fsp3) is 0.423. The van der Waals surface area contributed by atoms with Crippen LogP contribution in [0.25, 0.3) is 10.8 Å². The van der Waals surface area contributed by atoms with Crippen LogP contribution in [0.2, 0.25) is 0 Å². The largest absolute Gasteiger partial charge is 0.462 e. The Kier molecular flexibility index (Phi) is 9.68. The van der Waals surface area contributed by atoms with Crippen molar-refractivity contribution in [2.24, 2.45) is 0 Å². The van der Waals surface area contributed by atoms with Crippen LogP contribution in [-0.2, 0) is 30.6 Å². The van der Waals surface area contributed by atoms with Crippen LogP contribution in [0, 0.1) is 5.82 Å². The molecule has 0 amide bonds. The van der Waals surface area contributed by atoms with Gasteiger partial charge in [-0.25, -0.2) is 18.7 Å². The molecule has 2 heterocycles. The number of aromatic nitrogens is 2. The van der Waals surface area contributed by atoms with Gasteiger partial charge in [-0.05, 0) is 55.5 Å². The summed E-state index contributed by atoms with van der Waals surface area (Å²) in [4.78, 5) is 37.6. The molecule has 0 aliphatic carbocycles. The van der Waals surface area contributed by atoms with E-state index in [1.165, 1.54) is 24.0 Å². The first-order valence-electron chi connectivity index (χ1n) is 12.9. The van der Waals surface area contributed by atoms with E-state index in [-0.39, 0.29) is 16.5 Å². The molecule has 18 heteroatoms. The van der Waals surface area contributed by atoms with Gasteiger partial charge in [0.05, 0.1) is 18.9 Å². The highest BCUT2D eigenvalue weighted by Crippen LogP contribution is 2.54. The molecule has 1 aromatic heterocycles. The molecule has 0 saturated carbocycles. The van der Waals surface area contributed by atoms with Gasteiger partial charge in [0.25, 0.3) is 12.0 Å². The SMILES string of the molecule is CC(C)OC(=O)[C@H](C)NP(=S)(OC[C@@]1(C(F)F)O[C@@H](n2cc(F)c(=O)[nH]c2=O)[C@H](O)C1(F)F)Oc1ccc2ccccc2c1. The first-order valence-corrected chi connectivity index (χ1v) is 15.6. The number of rotatable bonds is 11. The first-order chi connectivity index (χ1) is 20.5. The molecule has 3 N–H and O–H groups in total. The number of esters is 1. The third-order valence-corrected chi connectivity index (χ3v) is 9.02. The second-order valence-corrected chi connectivity index (χ2v) is 13.3. The molecular weight excluding hydrogens is 640 g/mol. The topological polar surface area (TPSA) is 141 Å². The average molecular weight is 668 g/mol. The predicted molar refractivity (Wildman–Crippen MR) is 150 cm³/mol. The van der Waals surface area contributed by atoms with Crippen molar-refractivity contribution in [3.8, 4) is 5.75 Å². The molecule has 44 heavy (non-hydrogen) atoms. The van der Waals surface area contributed by atoms with Gasteiger partial charge < -0.3 is 23.6 Å². The lowest BCUT2D eigenvalue weighted by atomic mass is 9.95. The zero-order chi connectivity index (χ0) is 32.6. The summed E-state index contributed by atoms with van der Waals surface area (Å²) in [7, 11) is 0. The lowest BCUT2D eigenvalue weighted by Gasteiger charge is -2.35. The van der Waals surface area contributed by atoms with Crippen molar-refractivity contribution in [2.45, 2.75) is 63.2 Å². The van der Waals surface area contributed by atoms with E-state index in [0.717, 1.165) is 5.39 Å². The molecule has 0 bridgehead atoms. The van der Waals surface area contributed by atoms with Gasteiger partial charge in [-0.2, -0.15) is 13.2 Å². The van der Waals surface area contributed by atoms with Gasteiger partial charge in [0.15, 0.2) is 12.3 Å². The highest BCUT2D eigenvalue weighted by atomic mass is 32.5. The van der Waals surface area contributed by atoms with E-state index in [2.05, 4.69) is 5.09 Å². The number of aromatic amines is 1. The Bertz CT molecular complexity index is 1710. The fourth-order valence-corrected chi connectivity index (χ4v) is 6.70. The van der Waals surface area contributed by atoms with Crippen molar-refractivity contribution in [3.63, 3.8) is 0 Å². The zero-order valence-corrected chi connectivity index (χ0v) is 24.9. The molecule has 0 spiro atoms. The highest BCUT2D eigenvalue weighted by molar-refractivity contribution is 8.09. The minimum atomic E-state index is -4.84. The van der Waals surface area contributed by atoms with Crippen LogP contribution < -0.4 is 20.9 Å². The van der Waals surface area contributed by atoms with E-state index in [0.29, 0.717) is 5.39 Å². The van der Waals surface area contributed by atoms with E-state index in [1.54, 1.807) is 44.2 Å². The number of hydrogen-bond acceptors (Lipinski definition) is 9. The number of carbonyl (C=O) groups excluding carboxylic acids is 1. The number of H-pyrrole nitrogens is 1. The third-order valence-electron chi connectivity index (χ3n) is 6.54.